The van der Waals surface area contributed by atoms with Gasteiger partial charge < -0.3 is 10.2 Å². The van der Waals surface area contributed by atoms with Crippen molar-refractivity contribution in [3.8, 4) is 5.69 Å². The highest BCUT2D eigenvalue weighted by atomic mass is 32.1. The maximum absolute atomic E-state index is 13.4. The molecule has 0 spiro atoms. The average molecular weight is 450 g/mol. The fraction of sp³-hybridized carbons (Fsp3) is 0.217. The Morgan fingerprint density at radius 3 is 2.66 bits per heavy atom. The largest absolute Gasteiger partial charge is 0.361 e. The molecule has 5 rings (SSSR count). The number of carbonyl (C=O) groups is 1. The predicted molar refractivity (Wildman–Crippen MR) is 124 cm³/mol. The van der Waals surface area contributed by atoms with E-state index in [1.807, 2.05) is 19.0 Å². The summed E-state index contributed by atoms with van der Waals surface area (Å²) in [5, 5.41) is 3.68. The number of fused-ring (bicyclic) bond motifs is 1. The molecule has 0 saturated heterocycles. The van der Waals surface area contributed by atoms with E-state index in [9.17, 15) is 14.0 Å². The number of thiazole rings is 1. The summed E-state index contributed by atoms with van der Waals surface area (Å²) in [6, 6.07) is 12.4. The highest BCUT2D eigenvalue weighted by Gasteiger charge is 2.29. The number of rotatable bonds is 5. The fourth-order valence-electron chi connectivity index (χ4n) is 3.50. The van der Waals surface area contributed by atoms with Crippen LogP contribution in [0.25, 0.3) is 16.0 Å². The maximum atomic E-state index is 13.4. The van der Waals surface area contributed by atoms with Crippen molar-refractivity contribution >= 4 is 39.1 Å². The molecule has 2 aromatic heterocycles. The SMILES string of the molecule is CN(C)c1nc(=O)n(-c2cccc(C(=O)Nc3cccc(F)c3)c2)c2nc(C3CC3)sc12. The molecule has 32 heavy (non-hydrogen) atoms. The molecule has 0 aliphatic heterocycles. The van der Waals surface area contributed by atoms with Crippen LogP contribution in [0.2, 0.25) is 0 Å². The van der Waals surface area contributed by atoms with Crippen molar-refractivity contribution in [1.82, 2.24) is 14.5 Å². The normalized spacial score (nSPS) is 13.3. The van der Waals surface area contributed by atoms with Gasteiger partial charge in [0.25, 0.3) is 5.91 Å². The van der Waals surface area contributed by atoms with Crippen LogP contribution >= 0.6 is 11.3 Å². The minimum absolute atomic E-state index is 0.334. The second-order valence-electron chi connectivity index (χ2n) is 7.94. The molecule has 9 heteroatoms. The Kier molecular flexibility index (Phi) is 4.97. The van der Waals surface area contributed by atoms with Crippen molar-refractivity contribution < 1.29 is 9.18 Å². The Morgan fingerprint density at radius 2 is 1.94 bits per heavy atom. The maximum Gasteiger partial charge on any atom is 0.355 e. The number of carbonyl (C=O) groups excluding carboxylic acids is 1. The molecule has 162 valence electrons. The van der Waals surface area contributed by atoms with Gasteiger partial charge in [-0.3, -0.25) is 4.79 Å². The molecule has 0 bridgehead atoms. The van der Waals surface area contributed by atoms with Gasteiger partial charge in [0, 0.05) is 31.3 Å². The van der Waals surface area contributed by atoms with Gasteiger partial charge in [-0.05, 0) is 49.2 Å². The Bertz CT molecular complexity index is 1410. The van der Waals surface area contributed by atoms with Crippen molar-refractivity contribution in [2.24, 2.45) is 0 Å². The van der Waals surface area contributed by atoms with Crippen LogP contribution in [0.1, 0.15) is 34.1 Å². The molecule has 1 amide bonds. The van der Waals surface area contributed by atoms with Gasteiger partial charge in [0.15, 0.2) is 11.5 Å². The van der Waals surface area contributed by atoms with E-state index in [1.165, 1.54) is 22.8 Å². The zero-order valence-corrected chi connectivity index (χ0v) is 18.3. The van der Waals surface area contributed by atoms with Crippen LogP contribution in [-0.4, -0.2) is 34.5 Å². The zero-order valence-electron chi connectivity index (χ0n) is 17.5. The second kappa shape index (κ2) is 7.83. The third-order valence-corrected chi connectivity index (χ3v) is 6.44. The van der Waals surface area contributed by atoms with E-state index in [2.05, 4.69) is 10.3 Å². The van der Waals surface area contributed by atoms with Gasteiger partial charge in [-0.25, -0.2) is 18.7 Å². The molecular weight excluding hydrogens is 429 g/mol. The fourth-order valence-corrected chi connectivity index (χ4v) is 4.80. The standard InChI is InChI=1S/C23H20FN5O2S/c1-28(2)19-18-20(26-22(32-18)13-9-10-13)29(23(31)27-19)17-8-3-5-14(11-17)21(30)25-16-7-4-6-15(24)12-16/h3-8,11-13H,9-10H2,1-2H3,(H,25,30). The molecule has 2 aromatic carbocycles. The first-order chi connectivity index (χ1) is 15.4. The number of benzene rings is 2. The van der Waals surface area contributed by atoms with E-state index in [1.54, 1.807) is 41.7 Å². The first-order valence-corrected chi connectivity index (χ1v) is 11.0. The molecule has 4 aromatic rings. The van der Waals surface area contributed by atoms with Crippen LogP contribution < -0.4 is 15.9 Å². The van der Waals surface area contributed by atoms with Crippen molar-refractivity contribution in [2.45, 2.75) is 18.8 Å². The summed E-state index contributed by atoms with van der Waals surface area (Å²) in [5.74, 6) is 0.184. The highest BCUT2D eigenvalue weighted by Crippen LogP contribution is 2.44. The van der Waals surface area contributed by atoms with Crippen molar-refractivity contribution in [1.29, 1.82) is 0 Å². The van der Waals surface area contributed by atoms with Gasteiger partial charge in [0.1, 0.15) is 10.5 Å². The summed E-state index contributed by atoms with van der Waals surface area (Å²) in [6.45, 7) is 0. The van der Waals surface area contributed by atoms with Crippen molar-refractivity contribution in [2.75, 3.05) is 24.3 Å². The summed E-state index contributed by atoms with van der Waals surface area (Å²) >= 11 is 1.56. The molecular formula is C23H20FN5O2S. The number of hydrogen-bond donors (Lipinski definition) is 1. The van der Waals surface area contributed by atoms with E-state index in [4.69, 9.17) is 4.98 Å². The van der Waals surface area contributed by atoms with Gasteiger partial charge in [0.2, 0.25) is 0 Å². The summed E-state index contributed by atoms with van der Waals surface area (Å²) in [4.78, 5) is 36.6. The Balaban J connectivity index is 1.58. The topological polar surface area (TPSA) is 80.1 Å². The molecule has 1 N–H and O–H groups in total. The Morgan fingerprint density at radius 1 is 1.16 bits per heavy atom. The summed E-state index contributed by atoms with van der Waals surface area (Å²) < 4.78 is 15.7. The quantitative estimate of drug-likeness (QED) is 0.495. The smallest absolute Gasteiger partial charge is 0.355 e. The lowest BCUT2D eigenvalue weighted by molar-refractivity contribution is 0.102. The van der Waals surface area contributed by atoms with Crippen LogP contribution in [-0.2, 0) is 0 Å². The van der Waals surface area contributed by atoms with Gasteiger partial charge >= 0.3 is 5.69 Å². The number of nitrogens with zero attached hydrogens (tertiary/aromatic N) is 4. The number of halogens is 1. The lowest BCUT2D eigenvalue weighted by Crippen LogP contribution is -2.25. The molecule has 1 aliphatic carbocycles. The molecule has 0 atom stereocenters. The number of amides is 1. The van der Waals surface area contributed by atoms with Gasteiger partial charge in [0.05, 0.1) is 10.7 Å². The van der Waals surface area contributed by atoms with Gasteiger partial charge in [-0.15, -0.1) is 11.3 Å². The highest BCUT2D eigenvalue weighted by molar-refractivity contribution is 7.19. The summed E-state index contributed by atoms with van der Waals surface area (Å²) in [5.41, 5.74) is 1.27. The van der Waals surface area contributed by atoms with E-state index in [0.29, 0.717) is 34.3 Å². The number of hydrogen-bond acceptors (Lipinski definition) is 6. The number of anilines is 2. The minimum atomic E-state index is -0.462. The molecule has 7 nitrogen and oxygen atoms in total. The second-order valence-corrected chi connectivity index (χ2v) is 8.97. The Labute approximate surface area is 187 Å². The van der Waals surface area contributed by atoms with Crippen LogP contribution in [0.3, 0.4) is 0 Å². The Hall–Kier alpha value is -3.59. The molecule has 0 radical (unpaired) electrons. The molecule has 1 saturated carbocycles. The van der Waals surface area contributed by atoms with E-state index >= 15 is 0 Å². The third kappa shape index (κ3) is 3.75. The van der Waals surface area contributed by atoms with E-state index < -0.39 is 17.4 Å². The molecule has 2 heterocycles. The first-order valence-electron chi connectivity index (χ1n) is 10.2. The number of nitrogens with one attached hydrogen (secondary N) is 1. The third-order valence-electron chi connectivity index (χ3n) is 5.23. The van der Waals surface area contributed by atoms with Gasteiger partial charge in [-0.2, -0.15) is 4.98 Å². The zero-order chi connectivity index (χ0) is 22.4. The van der Waals surface area contributed by atoms with E-state index in [0.717, 1.165) is 22.5 Å². The lowest BCUT2D eigenvalue weighted by Gasteiger charge is -2.14. The molecule has 0 unspecified atom stereocenters. The van der Waals surface area contributed by atoms with Crippen molar-refractivity contribution in [3.63, 3.8) is 0 Å². The summed E-state index contributed by atoms with van der Waals surface area (Å²) in [6.07, 6.45) is 2.20. The van der Waals surface area contributed by atoms with Crippen molar-refractivity contribution in [3.05, 3.63) is 75.4 Å². The molecule has 1 aliphatic rings. The van der Waals surface area contributed by atoms with Crippen LogP contribution in [0.15, 0.2) is 53.3 Å². The molecule has 1 fully saturated rings. The van der Waals surface area contributed by atoms with Crippen LogP contribution in [0, 0.1) is 5.82 Å². The first kappa shape index (κ1) is 20.3. The van der Waals surface area contributed by atoms with Crippen LogP contribution in [0.4, 0.5) is 15.9 Å². The average Bonchev–Trinajstić information content (AvgIpc) is 3.52. The van der Waals surface area contributed by atoms with Gasteiger partial charge in [-0.1, -0.05) is 12.1 Å². The van der Waals surface area contributed by atoms with E-state index in [-0.39, 0.29) is 0 Å². The predicted octanol–water partition coefficient (Wildman–Crippen LogP) is 4.18. The number of aromatic nitrogens is 3. The lowest BCUT2D eigenvalue weighted by atomic mass is 10.1. The van der Waals surface area contributed by atoms with Crippen LogP contribution in [0.5, 0.6) is 0 Å². The minimum Gasteiger partial charge on any atom is -0.361 e. The monoisotopic (exact) mass is 449 g/mol. The summed E-state index contributed by atoms with van der Waals surface area (Å²) in [7, 11) is 3.69.